The maximum absolute atomic E-state index is 13.6. The Labute approximate surface area is 283 Å². The maximum atomic E-state index is 13.6. The van der Waals surface area contributed by atoms with Crippen molar-refractivity contribution in [3.05, 3.63) is 42.1 Å². The van der Waals surface area contributed by atoms with Crippen molar-refractivity contribution in [3.8, 4) is 11.6 Å². The van der Waals surface area contributed by atoms with E-state index in [0.717, 1.165) is 12.8 Å². The molecule has 2 saturated heterocycles. The molecule has 3 aliphatic rings. The van der Waals surface area contributed by atoms with Crippen LogP contribution >= 0.6 is 0 Å². The third-order valence-corrected chi connectivity index (χ3v) is 8.69. The lowest BCUT2D eigenvalue weighted by molar-refractivity contribution is -0.143. The number of rotatable bonds is 13. The van der Waals surface area contributed by atoms with Gasteiger partial charge in [0.25, 0.3) is 11.8 Å². The normalized spacial score (nSPS) is 18.7. The van der Waals surface area contributed by atoms with Gasteiger partial charge in [0.2, 0.25) is 17.7 Å². The molecule has 1 aliphatic carbocycles. The molecule has 3 heterocycles. The van der Waals surface area contributed by atoms with Crippen LogP contribution in [0.25, 0.3) is 5.69 Å². The van der Waals surface area contributed by atoms with E-state index in [9.17, 15) is 33.9 Å². The number of nitrogens with one attached hydrogen (secondary N) is 2. The number of aromatic nitrogens is 2. The van der Waals surface area contributed by atoms with Gasteiger partial charge in [-0.3, -0.25) is 24.0 Å². The standard InChI is InChI=1S/C33H43N7O9/c1-3-48-33(47)38-18-16-37(17-19-38)32(46)24(13-14-28(41)42)35-29(43)25-20-27(40(36-25)23-8-5-4-6-9-23)49-21(2)31(45)39-15-7-10-26(39)30(44)34-22-11-12-22/h4-6,8-9,20-22,24,26H,3,7,10-19H2,1-2H3,(H,34,44)(H,35,43)(H,41,42)/t21-,24?,26?/m0/s1. The molecule has 1 aromatic heterocycles. The van der Waals surface area contributed by atoms with E-state index in [2.05, 4.69) is 15.7 Å². The van der Waals surface area contributed by atoms with Crippen LogP contribution in [-0.4, -0.2) is 129 Å². The topological polar surface area (TPSA) is 193 Å². The molecule has 0 spiro atoms. The molecule has 3 atom stereocenters. The summed E-state index contributed by atoms with van der Waals surface area (Å²) in [6, 6.07) is 8.58. The molecular formula is C33H43N7O9. The first-order valence-electron chi connectivity index (χ1n) is 16.7. The summed E-state index contributed by atoms with van der Waals surface area (Å²) >= 11 is 0. The van der Waals surface area contributed by atoms with Crippen molar-refractivity contribution in [3.63, 3.8) is 0 Å². The minimum absolute atomic E-state index is 0.0823. The third-order valence-electron chi connectivity index (χ3n) is 8.69. The molecule has 1 saturated carbocycles. The van der Waals surface area contributed by atoms with Gasteiger partial charge in [-0.1, -0.05) is 18.2 Å². The number of benzene rings is 1. The zero-order chi connectivity index (χ0) is 35.1. The van der Waals surface area contributed by atoms with Crippen LogP contribution < -0.4 is 15.4 Å². The lowest BCUT2D eigenvalue weighted by Gasteiger charge is -2.35. The number of carboxylic acid groups (broad SMARTS) is 1. The van der Waals surface area contributed by atoms with Crippen molar-refractivity contribution in [2.24, 2.45) is 0 Å². The van der Waals surface area contributed by atoms with Crippen molar-refractivity contribution < 1.29 is 43.3 Å². The first-order chi connectivity index (χ1) is 23.5. The van der Waals surface area contributed by atoms with Crippen molar-refractivity contribution in [1.29, 1.82) is 0 Å². The lowest BCUT2D eigenvalue weighted by Crippen LogP contribution is -2.56. The molecule has 49 heavy (non-hydrogen) atoms. The quantitative estimate of drug-likeness (QED) is 0.277. The summed E-state index contributed by atoms with van der Waals surface area (Å²) in [4.78, 5) is 81.5. The number of piperazine rings is 1. The van der Waals surface area contributed by atoms with Gasteiger partial charge in [0.1, 0.15) is 12.1 Å². The Morgan fingerprint density at radius 1 is 0.959 bits per heavy atom. The number of aliphatic carboxylic acids is 1. The summed E-state index contributed by atoms with van der Waals surface area (Å²) in [5.74, 6) is -2.82. The van der Waals surface area contributed by atoms with Crippen molar-refractivity contribution in [2.75, 3.05) is 39.3 Å². The number of carbonyl (C=O) groups excluding carboxylic acids is 5. The zero-order valence-corrected chi connectivity index (χ0v) is 27.7. The second-order valence-corrected chi connectivity index (χ2v) is 12.3. The Morgan fingerprint density at radius 2 is 1.65 bits per heavy atom. The SMILES string of the molecule is CCOC(=O)N1CCN(C(=O)C(CCC(=O)O)NC(=O)c2cc(O[C@@H](C)C(=O)N3CCCC3C(=O)NC3CC3)n(-c3ccccc3)n2)CC1. The molecule has 3 N–H and O–H groups in total. The molecule has 5 amide bonds. The van der Waals surface area contributed by atoms with Gasteiger partial charge in [0, 0.05) is 51.3 Å². The summed E-state index contributed by atoms with van der Waals surface area (Å²) in [5, 5.41) is 19.4. The van der Waals surface area contributed by atoms with Gasteiger partial charge in [0.15, 0.2) is 11.8 Å². The van der Waals surface area contributed by atoms with Crippen molar-refractivity contribution >= 4 is 35.7 Å². The van der Waals surface area contributed by atoms with Gasteiger partial charge in [-0.25, -0.2) is 9.48 Å². The second-order valence-electron chi connectivity index (χ2n) is 12.3. The summed E-state index contributed by atoms with van der Waals surface area (Å²) in [7, 11) is 0. The van der Waals surface area contributed by atoms with E-state index in [1.165, 1.54) is 25.4 Å². The molecule has 1 aromatic carbocycles. The van der Waals surface area contributed by atoms with Crippen LogP contribution in [0.5, 0.6) is 5.88 Å². The fourth-order valence-corrected chi connectivity index (χ4v) is 5.91. The van der Waals surface area contributed by atoms with E-state index in [-0.39, 0.29) is 75.1 Å². The summed E-state index contributed by atoms with van der Waals surface area (Å²) in [5.41, 5.74) is 0.415. The Bertz CT molecular complexity index is 1540. The molecular weight excluding hydrogens is 638 g/mol. The van der Waals surface area contributed by atoms with Gasteiger partial charge in [0.05, 0.1) is 12.3 Å². The van der Waals surface area contributed by atoms with Gasteiger partial charge >= 0.3 is 12.1 Å². The number of amides is 5. The highest BCUT2D eigenvalue weighted by molar-refractivity contribution is 5.96. The van der Waals surface area contributed by atoms with Gasteiger partial charge in [-0.15, -0.1) is 0 Å². The first kappa shape index (κ1) is 35.2. The third kappa shape index (κ3) is 8.86. The molecule has 16 heteroatoms. The average Bonchev–Trinajstić information content (AvgIpc) is 3.59. The van der Waals surface area contributed by atoms with E-state index < -0.39 is 42.1 Å². The minimum atomic E-state index is -1.18. The largest absolute Gasteiger partial charge is 0.481 e. The van der Waals surface area contributed by atoms with Gasteiger partial charge < -0.3 is 39.9 Å². The predicted molar refractivity (Wildman–Crippen MR) is 173 cm³/mol. The Balaban J connectivity index is 1.31. The molecule has 2 aliphatic heterocycles. The van der Waals surface area contributed by atoms with E-state index in [1.54, 1.807) is 44.2 Å². The maximum Gasteiger partial charge on any atom is 0.409 e. The van der Waals surface area contributed by atoms with E-state index in [0.29, 0.717) is 25.1 Å². The van der Waals surface area contributed by atoms with E-state index in [1.807, 2.05) is 0 Å². The van der Waals surface area contributed by atoms with E-state index in [4.69, 9.17) is 9.47 Å². The number of nitrogens with zero attached hydrogens (tertiary/aromatic N) is 5. The Hall–Kier alpha value is -5.15. The van der Waals surface area contributed by atoms with Gasteiger partial charge in [-0.05, 0) is 58.1 Å². The average molecular weight is 682 g/mol. The summed E-state index contributed by atoms with van der Waals surface area (Å²) in [6.07, 6.45) is 1.08. The predicted octanol–water partition coefficient (Wildman–Crippen LogP) is 1.17. The highest BCUT2D eigenvalue weighted by atomic mass is 16.6. The molecule has 0 bridgehead atoms. The zero-order valence-electron chi connectivity index (χ0n) is 27.7. The van der Waals surface area contributed by atoms with Crippen LogP contribution in [0.2, 0.25) is 0 Å². The first-order valence-corrected chi connectivity index (χ1v) is 16.7. The van der Waals surface area contributed by atoms with Crippen LogP contribution in [0.15, 0.2) is 36.4 Å². The molecule has 264 valence electrons. The van der Waals surface area contributed by atoms with Crippen molar-refractivity contribution in [1.82, 2.24) is 35.1 Å². The lowest BCUT2D eigenvalue weighted by atomic mass is 10.1. The number of carbonyl (C=O) groups is 6. The van der Waals surface area contributed by atoms with Crippen LogP contribution in [0.3, 0.4) is 0 Å². The highest BCUT2D eigenvalue weighted by Gasteiger charge is 2.39. The molecule has 3 fully saturated rings. The summed E-state index contributed by atoms with van der Waals surface area (Å²) < 4.78 is 12.5. The highest BCUT2D eigenvalue weighted by Crippen LogP contribution is 2.25. The Morgan fingerprint density at radius 3 is 2.31 bits per heavy atom. The van der Waals surface area contributed by atoms with Crippen LogP contribution in [-0.2, 0) is 23.9 Å². The van der Waals surface area contributed by atoms with Gasteiger partial charge in [-0.2, -0.15) is 5.10 Å². The molecule has 16 nitrogen and oxygen atoms in total. The smallest absolute Gasteiger partial charge is 0.409 e. The van der Waals surface area contributed by atoms with Crippen LogP contribution in [0.4, 0.5) is 4.79 Å². The number of ether oxygens (including phenoxy) is 2. The van der Waals surface area contributed by atoms with Crippen molar-refractivity contribution in [2.45, 2.75) is 76.6 Å². The number of para-hydroxylation sites is 1. The fraction of sp³-hybridized carbons (Fsp3) is 0.545. The molecule has 0 radical (unpaired) electrons. The molecule has 2 unspecified atom stereocenters. The molecule has 2 aromatic rings. The number of hydrogen-bond acceptors (Lipinski definition) is 9. The van der Waals surface area contributed by atoms with Crippen LogP contribution in [0.1, 0.15) is 62.9 Å². The summed E-state index contributed by atoms with van der Waals surface area (Å²) in [6.45, 7) is 4.74. The number of carboxylic acids is 1. The monoisotopic (exact) mass is 681 g/mol. The van der Waals surface area contributed by atoms with E-state index >= 15 is 0 Å². The fourth-order valence-electron chi connectivity index (χ4n) is 5.91. The number of hydrogen-bond donors (Lipinski definition) is 3. The second kappa shape index (κ2) is 15.8. The minimum Gasteiger partial charge on any atom is -0.481 e. The number of likely N-dealkylation sites (tertiary alicyclic amines) is 1. The van der Waals surface area contributed by atoms with Crippen LogP contribution in [0, 0.1) is 0 Å². The molecule has 5 rings (SSSR count). The Kier molecular flexibility index (Phi) is 11.4.